The maximum atomic E-state index is 2.34. The summed E-state index contributed by atoms with van der Waals surface area (Å²) in [6.07, 6.45) is 18.2. The lowest BCUT2D eigenvalue weighted by atomic mass is 9.56. The first-order valence-corrected chi connectivity index (χ1v) is 8.86. The molecule has 0 spiro atoms. The summed E-state index contributed by atoms with van der Waals surface area (Å²) in [5.41, 5.74) is 0. The molecule has 0 nitrogen and oxygen atoms in total. The minimum Gasteiger partial charge on any atom is -0.0654 e. The van der Waals surface area contributed by atoms with Crippen molar-refractivity contribution in [3.8, 4) is 0 Å². The van der Waals surface area contributed by atoms with Crippen molar-refractivity contribution in [1.82, 2.24) is 0 Å². The predicted molar refractivity (Wildman–Crippen MR) is 80.7 cm³/mol. The molecule has 106 valence electrons. The summed E-state index contributed by atoms with van der Waals surface area (Å²) in [4.78, 5) is 0. The topological polar surface area (TPSA) is 0 Å². The molecule has 3 rings (SSSR count). The van der Waals surface area contributed by atoms with Gasteiger partial charge in [-0.25, -0.2) is 0 Å². The summed E-state index contributed by atoms with van der Waals surface area (Å²) in [7, 11) is 0. The van der Waals surface area contributed by atoms with E-state index in [9.17, 15) is 0 Å². The van der Waals surface area contributed by atoms with Gasteiger partial charge in [0, 0.05) is 0 Å². The van der Waals surface area contributed by atoms with Gasteiger partial charge in [0.25, 0.3) is 0 Å². The maximum Gasteiger partial charge on any atom is -0.0355 e. The molecule has 0 N–H and O–H groups in total. The summed E-state index contributed by atoms with van der Waals surface area (Å²) < 4.78 is 0. The first-order valence-electron chi connectivity index (χ1n) is 8.86. The van der Waals surface area contributed by atoms with Crippen LogP contribution < -0.4 is 0 Å². The molecular weight excluding hydrogens is 216 g/mol. The van der Waals surface area contributed by atoms with E-state index in [1.807, 2.05) is 0 Å². The van der Waals surface area contributed by atoms with Gasteiger partial charge in [-0.3, -0.25) is 0 Å². The highest BCUT2D eigenvalue weighted by molar-refractivity contribution is 4.92. The van der Waals surface area contributed by atoms with Gasteiger partial charge in [-0.2, -0.15) is 0 Å². The molecule has 0 amide bonds. The molecule has 3 fully saturated rings. The number of hydrogen-bond acceptors (Lipinski definition) is 0. The van der Waals surface area contributed by atoms with E-state index in [2.05, 4.69) is 13.8 Å². The molecule has 0 saturated heterocycles. The quantitative estimate of drug-likeness (QED) is 0.450. The Bertz CT molecular complexity index is 188. The summed E-state index contributed by atoms with van der Waals surface area (Å²) in [6.45, 7) is 4.68. The standard InChI is InChI=1S/C18H34/c1-3-5-7-9-17-15-11-13-16(14-12-15)18(17)10-8-6-4-2/h15-18H,3-14H2,1-2H3. The molecule has 0 aromatic heterocycles. The fourth-order valence-corrected chi connectivity index (χ4v) is 4.86. The zero-order chi connectivity index (χ0) is 12.8. The third-order valence-electron chi connectivity index (χ3n) is 5.86. The lowest BCUT2D eigenvalue weighted by Gasteiger charge is -2.49. The highest BCUT2D eigenvalue weighted by Gasteiger charge is 2.42. The Morgan fingerprint density at radius 1 is 0.611 bits per heavy atom. The molecule has 2 atom stereocenters. The minimum absolute atomic E-state index is 1.12. The van der Waals surface area contributed by atoms with E-state index < -0.39 is 0 Å². The Morgan fingerprint density at radius 3 is 1.33 bits per heavy atom. The molecular formula is C18H34. The van der Waals surface area contributed by atoms with Crippen molar-refractivity contribution in [2.45, 2.75) is 90.9 Å². The second-order valence-corrected chi connectivity index (χ2v) is 6.99. The van der Waals surface area contributed by atoms with Crippen LogP contribution in [-0.4, -0.2) is 0 Å². The summed E-state index contributed by atoms with van der Waals surface area (Å²) in [5.74, 6) is 4.50. The first-order chi connectivity index (χ1) is 8.86. The maximum absolute atomic E-state index is 2.34. The molecule has 3 saturated carbocycles. The number of unbranched alkanes of at least 4 members (excludes halogenated alkanes) is 4. The number of rotatable bonds is 8. The van der Waals surface area contributed by atoms with Crippen LogP contribution in [0.15, 0.2) is 0 Å². The van der Waals surface area contributed by atoms with E-state index in [0.29, 0.717) is 0 Å². The smallest absolute Gasteiger partial charge is 0.0355 e. The van der Waals surface area contributed by atoms with Crippen LogP contribution in [0.25, 0.3) is 0 Å². The van der Waals surface area contributed by atoms with Crippen LogP contribution in [0.2, 0.25) is 0 Å². The van der Waals surface area contributed by atoms with Crippen molar-refractivity contribution < 1.29 is 0 Å². The second kappa shape index (κ2) is 7.56. The predicted octanol–water partition coefficient (Wildman–Crippen LogP) is 6.20. The van der Waals surface area contributed by atoms with Gasteiger partial charge < -0.3 is 0 Å². The van der Waals surface area contributed by atoms with E-state index >= 15 is 0 Å². The number of fused-ring (bicyclic) bond motifs is 3. The van der Waals surface area contributed by atoms with Crippen molar-refractivity contribution in [3.05, 3.63) is 0 Å². The normalized spacial score (nSPS) is 35.0. The highest BCUT2D eigenvalue weighted by Crippen LogP contribution is 2.52. The molecule has 0 aliphatic heterocycles. The van der Waals surface area contributed by atoms with Gasteiger partial charge in [0.05, 0.1) is 0 Å². The van der Waals surface area contributed by atoms with Gasteiger partial charge >= 0.3 is 0 Å². The van der Waals surface area contributed by atoms with Crippen LogP contribution in [0, 0.1) is 23.7 Å². The fraction of sp³-hybridized carbons (Fsp3) is 1.00. The van der Waals surface area contributed by atoms with Gasteiger partial charge in [-0.05, 0) is 62.2 Å². The van der Waals surface area contributed by atoms with Crippen molar-refractivity contribution >= 4 is 0 Å². The highest BCUT2D eigenvalue weighted by atomic mass is 14.5. The molecule has 0 heteroatoms. The summed E-state index contributed by atoms with van der Waals surface area (Å²) >= 11 is 0. The Balaban J connectivity index is 1.85. The molecule has 0 radical (unpaired) electrons. The van der Waals surface area contributed by atoms with Gasteiger partial charge in [0.1, 0.15) is 0 Å². The largest absolute Gasteiger partial charge is 0.0654 e. The van der Waals surface area contributed by atoms with E-state index in [-0.39, 0.29) is 0 Å². The average molecular weight is 250 g/mol. The third kappa shape index (κ3) is 3.52. The monoisotopic (exact) mass is 250 g/mol. The molecule has 0 aromatic carbocycles. The lowest BCUT2D eigenvalue weighted by Crippen LogP contribution is -2.40. The van der Waals surface area contributed by atoms with Crippen molar-refractivity contribution in [2.75, 3.05) is 0 Å². The SMILES string of the molecule is CCCCCC1C2CCC(CC2)C1CCCCC. The summed E-state index contributed by atoms with van der Waals surface area (Å²) in [5, 5.41) is 0. The van der Waals surface area contributed by atoms with Crippen LogP contribution in [0.4, 0.5) is 0 Å². The Hall–Kier alpha value is 0. The van der Waals surface area contributed by atoms with Crippen molar-refractivity contribution in [1.29, 1.82) is 0 Å². The van der Waals surface area contributed by atoms with Crippen molar-refractivity contribution in [2.24, 2.45) is 23.7 Å². The third-order valence-corrected chi connectivity index (χ3v) is 5.86. The minimum atomic E-state index is 1.12. The second-order valence-electron chi connectivity index (χ2n) is 6.99. The molecule has 18 heavy (non-hydrogen) atoms. The van der Waals surface area contributed by atoms with Crippen LogP contribution >= 0.6 is 0 Å². The van der Waals surface area contributed by atoms with Crippen LogP contribution in [0.1, 0.15) is 90.9 Å². The molecule has 0 heterocycles. The Kier molecular flexibility index (Phi) is 6.05. The molecule has 3 aliphatic rings. The molecule has 2 bridgehead atoms. The zero-order valence-electron chi connectivity index (χ0n) is 12.8. The number of hydrogen-bond donors (Lipinski definition) is 0. The average Bonchev–Trinajstić information content (AvgIpc) is 2.42. The van der Waals surface area contributed by atoms with Gasteiger partial charge in [0.15, 0.2) is 0 Å². The van der Waals surface area contributed by atoms with Crippen LogP contribution in [-0.2, 0) is 0 Å². The lowest BCUT2D eigenvalue weighted by molar-refractivity contribution is 0.0108. The van der Waals surface area contributed by atoms with Gasteiger partial charge in [-0.1, -0.05) is 52.4 Å². The Labute approximate surface area is 115 Å². The van der Waals surface area contributed by atoms with E-state index in [1.54, 1.807) is 38.5 Å². The first kappa shape index (κ1) is 14.4. The van der Waals surface area contributed by atoms with E-state index in [4.69, 9.17) is 0 Å². The van der Waals surface area contributed by atoms with Crippen LogP contribution in [0.5, 0.6) is 0 Å². The zero-order valence-corrected chi connectivity index (χ0v) is 12.8. The van der Waals surface area contributed by atoms with Gasteiger partial charge in [-0.15, -0.1) is 0 Å². The van der Waals surface area contributed by atoms with E-state index in [1.165, 1.54) is 38.5 Å². The summed E-state index contributed by atoms with van der Waals surface area (Å²) in [6, 6.07) is 0. The van der Waals surface area contributed by atoms with Crippen molar-refractivity contribution in [3.63, 3.8) is 0 Å². The van der Waals surface area contributed by atoms with Gasteiger partial charge in [0.2, 0.25) is 0 Å². The fourth-order valence-electron chi connectivity index (χ4n) is 4.86. The molecule has 2 unspecified atom stereocenters. The van der Waals surface area contributed by atoms with Crippen LogP contribution in [0.3, 0.4) is 0 Å². The Morgan fingerprint density at radius 2 is 1.00 bits per heavy atom. The molecule has 0 aromatic rings. The molecule has 3 aliphatic carbocycles. The van der Waals surface area contributed by atoms with E-state index in [0.717, 1.165) is 23.7 Å².